The molecule has 0 aliphatic rings. The summed E-state index contributed by atoms with van der Waals surface area (Å²) in [6.45, 7) is 11.1. The molecule has 128 valence electrons. The molecule has 0 aliphatic carbocycles. The van der Waals surface area contributed by atoms with Crippen LogP contribution in [0.3, 0.4) is 0 Å². The summed E-state index contributed by atoms with van der Waals surface area (Å²) in [5.41, 5.74) is 0. The number of rotatable bonds is 14. The molecule has 0 saturated carbocycles. The van der Waals surface area contributed by atoms with E-state index in [2.05, 4.69) is 51.6 Å². The maximum absolute atomic E-state index is 6.14. The fraction of sp³-hybridized carbons (Fsp3) is 1.00. The predicted octanol–water partition coefficient (Wildman–Crippen LogP) is 4.72. The van der Waals surface area contributed by atoms with Gasteiger partial charge in [-0.05, 0) is 40.8 Å². The van der Waals surface area contributed by atoms with Gasteiger partial charge < -0.3 is 4.74 Å². The molecule has 0 bridgehead atoms. The Balaban J connectivity index is 3.81. The Morgan fingerprint density at radius 1 is 0.667 bits per heavy atom. The molecule has 0 heterocycles. The molecule has 0 aromatic rings. The summed E-state index contributed by atoms with van der Waals surface area (Å²) in [6, 6.07) is 0. The zero-order valence-electron chi connectivity index (χ0n) is 15.5. The lowest BCUT2D eigenvalue weighted by atomic mass is 10.2. The first-order valence-electron chi connectivity index (χ1n) is 9.08. The molecule has 21 heavy (non-hydrogen) atoms. The van der Waals surface area contributed by atoms with Gasteiger partial charge in [-0.2, -0.15) is 0 Å². The van der Waals surface area contributed by atoms with E-state index in [0.717, 1.165) is 13.1 Å². The topological polar surface area (TPSA) is 15.7 Å². The molecule has 0 aromatic heterocycles. The molecule has 0 N–H and O–H groups in total. The van der Waals surface area contributed by atoms with Crippen molar-refractivity contribution in [3.8, 4) is 0 Å². The molecule has 2 atom stereocenters. The second kappa shape index (κ2) is 13.5. The van der Waals surface area contributed by atoms with Gasteiger partial charge in [0.05, 0.1) is 0 Å². The Kier molecular flexibility index (Phi) is 13.5. The molecule has 0 aliphatic heterocycles. The van der Waals surface area contributed by atoms with Crippen LogP contribution in [-0.2, 0) is 4.74 Å². The quantitative estimate of drug-likeness (QED) is 0.341. The van der Waals surface area contributed by atoms with Crippen LogP contribution in [0.15, 0.2) is 0 Å². The smallest absolute Gasteiger partial charge is 0.109 e. The molecule has 0 aromatic carbocycles. The van der Waals surface area contributed by atoms with Gasteiger partial charge in [0.1, 0.15) is 12.5 Å². The minimum atomic E-state index is 0.194. The van der Waals surface area contributed by atoms with Crippen LogP contribution >= 0.6 is 0 Å². The van der Waals surface area contributed by atoms with Crippen LogP contribution in [0, 0.1) is 0 Å². The highest BCUT2D eigenvalue weighted by molar-refractivity contribution is 4.59. The summed E-state index contributed by atoms with van der Waals surface area (Å²) in [5, 5.41) is 0. The highest BCUT2D eigenvalue weighted by Gasteiger charge is 2.16. The normalized spacial score (nSPS) is 14.9. The van der Waals surface area contributed by atoms with Crippen molar-refractivity contribution in [2.45, 2.75) is 91.5 Å². The van der Waals surface area contributed by atoms with E-state index in [9.17, 15) is 0 Å². The lowest BCUT2D eigenvalue weighted by molar-refractivity contribution is -0.126. The van der Waals surface area contributed by atoms with Crippen LogP contribution in [-0.4, -0.2) is 49.4 Å². The number of hydrogen-bond donors (Lipinski definition) is 0. The third-order valence-corrected chi connectivity index (χ3v) is 4.36. The first-order chi connectivity index (χ1) is 10.0. The van der Waals surface area contributed by atoms with Gasteiger partial charge in [-0.25, -0.2) is 0 Å². The van der Waals surface area contributed by atoms with Gasteiger partial charge in [-0.3, -0.25) is 9.80 Å². The summed E-state index contributed by atoms with van der Waals surface area (Å²) in [7, 11) is 4.34. The van der Waals surface area contributed by atoms with Gasteiger partial charge in [0.15, 0.2) is 0 Å². The first-order valence-corrected chi connectivity index (χ1v) is 9.08. The molecular formula is C18H40N2O. The lowest BCUT2D eigenvalue weighted by Gasteiger charge is -2.32. The first kappa shape index (κ1) is 20.9. The van der Waals surface area contributed by atoms with Crippen molar-refractivity contribution in [2.75, 3.05) is 27.2 Å². The van der Waals surface area contributed by atoms with Crippen LogP contribution in [0.2, 0.25) is 0 Å². The third kappa shape index (κ3) is 11.1. The Hall–Kier alpha value is -0.120. The van der Waals surface area contributed by atoms with Gasteiger partial charge in [0.25, 0.3) is 0 Å². The molecule has 0 spiro atoms. The van der Waals surface area contributed by atoms with E-state index in [1.54, 1.807) is 0 Å². The fourth-order valence-electron chi connectivity index (χ4n) is 2.43. The maximum atomic E-state index is 6.14. The van der Waals surface area contributed by atoms with Gasteiger partial charge in [-0.1, -0.05) is 52.4 Å². The third-order valence-electron chi connectivity index (χ3n) is 4.36. The lowest BCUT2D eigenvalue weighted by Crippen LogP contribution is -2.40. The highest BCUT2D eigenvalue weighted by Crippen LogP contribution is 2.09. The minimum absolute atomic E-state index is 0.194. The molecule has 0 radical (unpaired) electrons. The van der Waals surface area contributed by atoms with Crippen LogP contribution in [0.5, 0.6) is 0 Å². The average molecular weight is 301 g/mol. The van der Waals surface area contributed by atoms with Crippen molar-refractivity contribution in [1.29, 1.82) is 0 Å². The molecule has 3 heteroatoms. The second-order valence-corrected chi connectivity index (χ2v) is 6.42. The maximum Gasteiger partial charge on any atom is 0.109 e. The Bertz CT molecular complexity index is 201. The summed E-state index contributed by atoms with van der Waals surface area (Å²) < 4.78 is 6.14. The fourth-order valence-corrected chi connectivity index (χ4v) is 2.43. The van der Waals surface area contributed by atoms with Crippen molar-refractivity contribution < 1.29 is 4.74 Å². The van der Waals surface area contributed by atoms with Gasteiger partial charge >= 0.3 is 0 Å². The summed E-state index contributed by atoms with van der Waals surface area (Å²) in [4.78, 5) is 4.66. The summed E-state index contributed by atoms with van der Waals surface area (Å²) in [5.74, 6) is 0. The zero-order valence-corrected chi connectivity index (χ0v) is 15.5. The van der Waals surface area contributed by atoms with Crippen LogP contribution in [0.4, 0.5) is 0 Å². The SMILES string of the molecule is CCCCCCN(C)C(C)OC(C)N(C)CCCCCC. The van der Waals surface area contributed by atoms with Gasteiger partial charge in [0, 0.05) is 13.1 Å². The van der Waals surface area contributed by atoms with Gasteiger partial charge in [-0.15, -0.1) is 0 Å². The van der Waals surface area contributed by atoms with Gasteiger partial charge in [0.2, 0.25) is 0 Å². The zero-order chi connectivity index (χ0) is 16.1. The molecule has 0 fully saturated rings. The number of unbranched alkanes of at least 4 members (excludes halogenated alkanes) is 6. The number of nitrogens with zero attached hydrogens (tertiary/aromatic N) is 2. The van der Waals surface area contributed by atoms with E-state index in [-0.39, 0.29) is 12.5 Å². The molecule has 2 unspecified atom stereocenters. The monoisotopic (exact) mass is 300 g/mol. The van der Waals surface area contributed by atoms with Crippen molar-refractivity contribution in [3.05, 3.63) is 0 Å². The Morgan fingerprint density at radius 2 is 1.05 bits per heavy atom. The number of hydrogen-bond acceptors (Lipinski definition) is 3. The van der Waals surface area contributed by atoms with Crippen molar-refractivity contribution >= 4 is 0 Å². The van der Waals surface area contributed by atoms with E-state index in [0.29, 0.717) is 0 Å². The highest BCUT2D eigenvalue weighted by atomic mass is 16.5. The standard InChI is InChI=1S/C18H40N2O/c1-7-9-11-13-15-19(5)17(3)21-18(4)20(6)16-14-12-10-8-2/h17-18H,7-16H2,1-6H3. The van der Waals surface area contributed by atoms with Crippen molar-refractivity contribution in [2.24, 2.45) is 0 Å². The van der Waals surface area contributed by atoms with E-state index < -0.39 is 0 Å². The van der Waals surface area contributed by atoms with Crippen molar-refractivity contribution in [3.63, 3.8) is 0 Å². The predicted molar refractivity (Wildman–Crippen MR) is 93.6 cm³/mol. The van der Waals surface area contributed by atoms with E-state index >= 15 is 0 Å². The van der Waals surface area contributed by atoms with Crippen LogP contribution in [0.1, 0.15) is 79.1 Å². The largest absolute Gasteiger partial charge is 0.345 e. The molecular weight excluding hydrogens is 260 g/mol. The van der Waals surface area contributed by atoms with E-state index in [4.69, 9.17) is 4.74 Å². The van der Waals surface area contributed by atoms with Crippen LogP contribution in [0.25, 0.3) is 0 Å². The number of ether oxygens (including phenoxy) is 1. The van der Waals surface area contributed by atoms with Crippen LogP contribution < -0.4 is 0 Å². The summed E-state index contributed by atoms with van der Waals surface area (Å²) >= 11 is 0. The van der Waals surface area contributed by atoms with Crippen molar-refractivity contribution in [1.82, 2.24) is 9.80 Å². The summed E-state index contributed by atoms with van der Waals surface area (Å²) in [6.07, 6.45) is 10.9. The molecule has 0 rings (SSSR count). The van der Waals surface area contributed by atoms with E-state index in [1.165, 1.54) is 51.4 Å². The van der Waals surface area contributed by atoms with E-state index in [1.807, 2.05) is 0 Å². The molecule has 3 nitrogen and oxygen atoms in total. The molecule has 0 amide bonds. The average Bonchev–Trinajstić information content (AvgIpc) is 2.47. The minimum Gasteiger partial charge on any atom is -0.345 e. The Morgan fingerprint density at radius 3 is 1.38 bits per heavy atom. The molecule has 0 saturated heterocycles. The Labute approximate surface area is 134 Å². The second-order valence-electron chi connectivity index (χ2n) is 6.42.